The third kappa shape index (κ3) is 3.26. The molecule has 0 aliphatic heterocycles. The SMILES string of the molecule is CN(C)S(=O)(=O)Nc1ccc(N)c(C(F)(F)F)c1. The number of alkyl halides is 3. The molecule has 0 aliphatic rings. The molecular weight excluding hydrogens is 271 g/mol. The summed E-state index contributed by atoms with van der Waals surface area (Å²) in [5.74, 6) is 0. The third-order valence-electron chi connectivity index (χ3n) is 2.09. The molecule has 0 amide bonds. The molecule has 3 N–H and O–H groups in total. The van der Waals surface area contributed by atoms with Crippen LogP contribution in [0.5, 0.6) is 0 Å². The number of anilines is 2. The van der Waals surface area contributed by atoms with Gasteiger partial charge in [-0.15, -0.1) is 0 Å². The minimum atomic E-state index is -4.64. The van der Waals surface area contributed by atoms with Crippen molar-refractivity contribution in [2.45, 2.75) is 6.18 Å². The van der Waals surface area contributed by atoms with E-state index in [1.165, 1.54) is 14.1 Å². The molecule has 0 unspecified atom stereocenters. The first kappa shape index (κ1) is 14.6. The van der Waals surface area contributed by atoms with Gasteiger partial charge in [-0.25, -0.2) is 0 Å². The van der Waals surface area contributed by atoms with Gasteiger partial charge in [-0.05, 0) is 18.2 Å². The van der Waals surface area contributed by atoms with Crippen LogP contribution in [-0.2, 0) is 16.4 Å². The number of halogens is 3. The van der Waals surface area contributed by atoms with Crippen LogP contribution in [0.2, 0.25) is 0 Å². The second-order valence-corrected chi connectivity index (χ2v) is 5.57. The second kappa shape index (κ2) is 4.65. The summed E-state index contributed by atoms with van der Waals surface area (Å²) in [5, 5.41) is 0. The average molecular weight is 283 g/mol. The number of nitrogens with zero attached hydrogens (tertiary/aromatic N) is 1. The molecule has 9 heteroatoms. The first-order valence-corrected chi connectivity index (χ1v) is 6.15. The molecule has 1 aromatic carbocycles. The van der Waals surface area contributed by atoms with Gasteiger partial charge in [0.1, 0.15) is 0 Å². The summed E-state index contributed by atoms with van der Waals surface area (Å²) >= 11 is 0. The van der Waals surface area contributed by atoms with Crippen LogP contribution in [0.3, 0.4) is 0 Å². The van der Waals surface area contributed by atoms with Crippen molar-refractivity contribution in [1.82, 2.24) is 4.31 Å². The van der Waals surface area contributed by atoms with Crippen LogP contribution in [0, 0.1) is 0 Å². The van der Waals surface area contributed by atoms with Crippen molar-refractivity contribution in [2.75, 3.05) is 24.6 Å². The lowest BCUT2D eigenvalue weighted by atomic mass is 10.1. The van der Waals surface area contributed by atoms with E-state index in [4.69, 9.17) is 5.73 Å². The fourth-order valence-electron chi connectivity index (χ4n) is 1.11. The Bertz CT molecular complexity index is 540. The smallest absolute Gasteiger partial charge is 0.398 e. The van der Waals surface area contributed by atoms with Crippen molar-refractivity contribution < 1.29 is 21.6 Å². The highest BCUT2D eigenvalue weighted by Crippen LogP contribution is 2.35. The van der Waals surface area contributed by atoms with Gasteiger partial charge in [0.2, 0.25) is 0 Å². The summed E-state index contributed by atoms with van der Waals surface area (Å²) in [6.45, 7) is 0. The molecule has 1 rings (SSSR count). The van der Waals surface area contributed by atoms with Crippen LogP contribution < -0.4 is 10.5 Å². The van der Waals surface area contributed by atoms with Crippen molar-refractivity contribution in [3.8, 4) is 0 Å². The fourth-order valence-corrected chi connectivity index (χ4v) is 1.71. The van der Waals surface area contributed by atoms with Crippen LogP contribution in [0.1, 0.15) is 5.56 Å². The minimum absolute atomic E-state index is 0.203. The predicted octanol–water partition coefficient (Wildman–Crippen LogP) is 1.51. The molecule has 1 aromatic rings. The summed E-state index contributed by atoms with van der Waals surface area (Å²) < 4.78 is 63.4. The van der Waals surface area contributed by atoms with E-state index >= 15 is 0 Å². The van der Waals surface area contributed by atoms with Gasteiger partial charge in [0.25, 0.3) is 0 Å². The molecule has 5 nitrogen and oxygen atoms in total. The lowest BCUT2D eigenvalue weighted by Crippen LogP contribution is -2.29. The molecule has 0 saturated carbocycles. The Kier molecular flexibility index (Phi) is 3.77. The van der Waals surface area contributed by atoms with E-state index in [-0.39, 0.29) is 5.69 Å². The largest absolute Gasteiger partial charge is 0.418 e. The Balaban J connectivity index is 3.15. The number of nitrogens with two attached hydrogens (primary N) is 1. The van der Waals surface area contributed by atoms with Crippen LogP contribution in [0.4, 0.5) is 24.5 Å². The monoisotopic (exact) mass is 283 g/mol. The molecule has 18 heavy (non-hydrogen) atoms. The lowest BCUT2D eigenvalue weighted by Gasteiger charge is -2.15. The van der Waals surface area contributed by atoms with E-state index in [9.17, 15) is 21.6 Å². The third-order valence-corrected chi connectivity index (χ3v) is 3.54. The quantitative estimate of drug-likeness (QED) is 0.826. The van der Waals surface area contributed by atoms with Gasteiger partial charge in [0.05, 0.1) is 11.3 Å². The Labute approximate surface area is 103 Å². The molecule has 0 radical (unpaired) electrons. The number of hydrogen-bond acceptors (Lipinski definition) is 3. The van der Waals surface area contributed by atoms with Crippen LogP contribution >= 0.6 is 0 Å². The van der Waals surface area contributed by atoms with Gasteiger partial charge in [0, 0.05) is 19.8 Å². The van der Waals surface area contributed by atoms with Crippen molar-refractivity contribution >= 4 is 21.6 Å². The predicted molar refractivity (Wildman–Crippen MR) is 62.1 cm³/mol. The van der Waals surface area contributed by atoms with Gasteiger partial charge in [0.15, 0.2) is 0 Å². The van der Waals surface area contributed by atoms with E-state index in [1.807, 2.05) is 4.72 Å². The van der Waals surface area contributed by atoms with Crippen LogP contribution in [-0.4, -0.2) is 26.8 Å². The molecule has 0 bridgehead atoms. The Morgan fingerprint density at radius 3 is 2.28 bits per heavy atom. The van der Waals surface area contributed by atoms with Gasteiger partial charge in [-0.2, -0.15) is 25.9 Å². The maximum absolute atomic E-state index is 12.6. The molecule has 0 atom stereocenters. The van der Waals surface area contributed by atoms with Crippen LogP contribution in [0.15, 0.2) is 18.2 Å². The molecule has 0 aromatic heterocycles. The van der Waals surface area contributed by atoms with Gasteiger partial charge < -0.3 is 5.73 Å². The van der Waals surface area contributed by atoms with Gasteiger partial charge in [-0.1, -0.05) is 0 Å². The number of rotatable bonds is 3. The van der Waals surface area contributed by atoms with Crippen molar-refractivity contribution in [3.05, 3.63) is 23.8 Å². The Morgan fingerprint density at radius 2 is 1.83 bits per heavy atom. The van der Waals surface area contributed by atoms with E-state index in [1.54, 1.807) is 0 Å². The molecule has 0 aliphatic carbocycles. The lowest BCUT2D eigenvalue weighted by molar-refractivity contribution is -0.136. The topological polar surface area (TPSA) is 75.4 Å². The molecule has 102 valence electrons. The minimum Gasteiger partial charge on any atom is -0.398 e. The first-order chi connectivity index (χ1) is 8.04. The van der Waals surface area contributed by atoms with E-state index < -0.39 is 27.6 Å². The second-order valence-electron chi connectivity index (χ2n) is 3.69. The maximum atomic E-state index is 12.6. The summed E-state index contributed by atoms with van der Waals surface area (Å²) in [6.07, 6.45) is -4.64. The van der Waals surface area contributed by atoms with Crippen molar-refractivity contribution in [2.24, 2.45) is 0 Å². The van der Waals surface area contributed by atoms with E-state index in [2.05, 4.69) is 0 Å². The van der Waals surface area contributed by atoms with Gasteiger partial charge >= 0.3 is 16.4 Å². The molecule has 0 saturated heterocycles. The van der Waals surface area contributed by atoms with Crippen LogP contribution in [0.25, 0.3) is 0 Å². The molecule has 0 fully saturated rings. The summed E-state index contributed by atoms with van der Waals surface area (Å²) in [7, 11) is -1.34. The number of nitrogen functional groups attached to an aromatic ring is 1. The molecular formula is C9H12F3N3O2S. The normalized spacial score (nSPS) is 12.8. The highest BCUT2D eigenvalue weighted by molar-refractivity contribution is 7.90. The Hall–Kier alpha value is -1.48. The van der Waals surface area contributed by atoms with Gasteiger partial charge in [-0.3, -0.25) is 4.72 Å². The summed E-state index contributed by atoms with van der Waals surface area (Å²) in [6, 6.07) is 2.80. The van der Waals surface area contributed by atoms with E-state index in [0.717, 1.165) is 16.4 Å². The standard InChI is InChI=1S/C9H12F3N3O2S/c1-15(2)18(16,17)14-6-3-4-8(13)7(5-6)9(10,11)12/h3-5,14H,13H2,1-2H3. The zero-order chi connectivity index (χ0) is 14.1. The summed E-state index contributed by atoms with van der Waals surface area (Å²) in [5.41, 5.74) is 3.44. The number of hydrogen-bond donors (Lipinski definition) is 2. The fraction of sp³-hybridized carbons (Fsp3) is 0.333. The highest BCUT2D eigenvalue weighted by Gasteiger charge is 2.33. The van der Waals surface area contributed by atoms with Crippen molar-refractivity contribution in [3.63, 3.8) is 0 Å². The number of nitrogens with one attached hydrogen (secondary N) is 1. The summed E-state index contributed by atoms with van der Waals surface area (Å²) in [4.78, 5) is 0. The van der Waals surface area contributed by atoms with Crippen molar-refractivity contribution in [1.29, 1.82) is 0 Å². The zero-order valence-corrected chi connectivity index (χ0v) is 10.4. The molecule has 0 heterocycles. The first-order valence-electron chi connectivity index (χ1n) is 4.71. The zero-order valence-electron chi connectivity index (χ0n) is 9.62. The molecule has 0 spiro atoms. The maximum Gasteiger partial charge on any atom is 0.418 e. The highest BCUT2D eigenvalue weighted by atomic mass is 32.2. The average Bonchev–Trinajstić information content (AvgIpc) is 2.18. The number of benzene rings is 1. The Morgan fingerprint density at radius 1 is 1.28 bits per heavy atom. The van der Waals surface area contributed by atoms with E-state index in [0.29, 0.717) is 6.07 Å².